The molecule has 0 aromatic heterocycles. The molecule has 0 radical (unpaired) electrons. The lowest BCUT2D eigenvalue weighted by molar-refractivity contribution is -0.130. The van der Waals surface area contributed by atoms with Gasteiger partial charge in [-0.05, 0) is 30.2 Å². The van der Waals surface area contributed by atoms with Gasteiger partial charge in [-0.15, -0.1) is 0 Å². The third-order valence-electron chi connectivity index (χ3n) is 6.08. The van der Waals surface area contributed by atoms with E-state index in [1.54, 1.807) is 14.0 Å². The standard InChI is InChI=1S/C23H26N2O3/c1-15-9-10-19(21(11-15)28-3)23(27)24-12-18-13-25(16(2)26)22(20(18)14-24)17-7-5-4-6-8-17/h4-11,18,20,22H,12-14H2,1-3H3/t18-,20-,22+/m1/s1. The number of methoxy groups -OCH3 is 1. The molecule has 2 aromatic carbocycles. The zero-order chi connectivity index (χ0) is 19.8. The summed E-state index contributed by atoms with van der Waals surface area (Å²) >= 11 is 0. The number of carbonyl (C=O) groups is 2. The second-order valence-corrected chi connectivity index (χ2v) is 7.86. The minimum absolute atomic E-state index is 0.00689. The van der Waals surface area contributed by atoms with Crippen LogP contribution in [0.4, 0.5) is 0 Å². The van der Waals surface area contributed by atoms with E-state index >= 15 is 0 Å². The maximum absolute atomic E-state index is 13.2. The lowest BCUT2D eigenvalue weighted by Crippen LogP contribution is -2.36. The summed E-state index contributed by atoms with van der Waals surface area (Å²) in [6, 6.07) is 15.9. The average Bonchev–Trinajstić information content (AvgIpc) is 3.26. The van der Waals surface area contributed by atoms with Crippen molar-refractivity contribution < 1.29 is 14.3 Å². The van der Waals surface area contributed by atoms with Crippen LogP contribution in [0.3, 0.4) is 0 Å². The molecule has 0 saturated carbocycles. The first-order chi connectivity index (χ1) is 13.5. The molecule has 2 fully saturated rings. The molecule has 4 rings (SSSR count). The Morgan fingerprint density at radius 1 is 1.04 bits per heavy atom. The number of aryl methyl sites for hydroxylation is 1. The summed E-state index contributed by atoms with van der Waals surface area (Å²) in [5.41, 5.74) is 2.81. The highest BCUT2D eigenvalue weighted by atomic mass is 16.5. The Labute approximate surface area is 165 Å². The predicted octanol–water partition coefficient (Wildman–Crippen LogP) is 3.30. The molecule has 2 aliphatic rings. The van der Waals surface area contributed by atoms with Gasteiger partial charge in [-0.25, -0.2) is 0 Å². The zero-order valence-electron chi connectivity index (χ0n) is 16.6. The van der Waals surface area contributed by atoms with Gasteiger partial charge < -0.3 is 14.5 Å². The summed E-state index contributed by atoms with van der Waals surface area (Å²) in [6.45, 7) is 5.65. The zero-order valence-corrected chi connectivity index (χ0v) is 16.6. The van der Waals surface area contributed by atoms with Crippen LogP contribution in [0.1, 0.15) is 34.5 Å². The van der Waals surface area contributed by atoms with Gasteiger partial charge >= 0.3 is 0 Å². The fourth-order valence-corrected chi connectivity index (χ4v) is 4.76. The van der Waals surface area contributed by atoms with Crippen molar-refractivity contribution in [2.24, 2.45) is 11.8 Å². The van der Waals surface area contributed by atoms with Gasteiger partial charge in [0.05, 0.1) is 18.7 Å². The van der Waals surface area contributed by atoms with E-state index in [2.05, 4.69) is 12.1 Å². The highest BCUT2D eigenvalue weighted by Gasteiger charge is 2.49. The number of amides is 2. The number of ether oxygens (including phenoxy) is 1. The van der Waals surface area contributed by atoms with Crippen LogP contribution in [0, 0.1) is 18.8 Å². The molecule has 2 aromatic rings. The lowest BCUT2D eigenvalue weighted by Gasteiger charge is -2.29. The molecule has 2 heterocycles. The van der Waals surface area contributed by atoms with Gasteiger partial charge in [-0.2, -0.15) is 0 Å². The van der Waals surface area contributed by atoms with E-state index in [1.165, 1.54) is 0 Å². The van der Waals surface area contributed by atoms with Crippen LogP contribution < -0.4 is 4.74 Å². The Hall–Kier alpha value is -2.82. The van der Waals surface area contributed by atoms with Crippen molar-refractivity contribution in [3.05, 3.63) is 65.2 Å². The Balaban J connectivity index is 1.60. The SMILES string of the molecule is COc1cc(C)ccc1C(=O)N1C[C@@H]2CN(C(C)=O)[C@@H](c3ccccc3)[C@@H]2C1. The number of fused-ring (bicyclic) bond motifs is 1. The summed E-state index contributed by atoms with van der Waals surface area (Å²) in [5.74, 6) is 1.28. The summed E-state index contributed by atoms with van der Waals surface area (Å²) in [5, 5.41) is 0. The predicted molar refractivity (Wildman–Crippen MR) is 107 cm³/mol. The van der Waals surface area contributed by atoms with Crippen LogP contribution in [-0.2, 0) is 4.79 Å². The van der Waals surface area contributed by atoms with Crippen LogP contribution in [0.2, 0.25) is 0 Å². The first kappa shape index (κ1) is 18.5. The third-order valence-corrected chi connectivity index (χ3v) is 6.08. The maximum Gasteiger partial charge on any atom is 0.257 e. The van der Waals surface area contributed by atoms with Crippen molar-refractivity contribution in [2.45, 2.75) is 19.9 Å². The molecule has 0 aliphatic carbocycles. The summed E-state index contributed by atoms with van der Waals surface area (Å²) < 4.78 is 5.44. The van der Waals surface area contributed by atoms with Crippen molar-refractivity contribution in [2.75, 3.05) is 26.7 Å². The van der Waals surface area contributed by atoms with E-state index in [-0.39, 0.29) is 23.8 Å². The molecule has 0 unspecified atom stereocenters. The minimum Gasteiger partial charge on any atom is -0.496 e. The van der Waals surface area contributed by atoms with Gasteiger partial charge in [0.2, 0.25) is 5.91 Å². The van der Waals surface area contributed by atoms with Gasteiger partial charge in [0.1, 0.15) is 5.75 Å². The average molecular weight is 378 g/mol. The fraction of sp³-hybridized carbons (Fsp3) is 0.391. The van der Waals surface area contributed by atoms with E-state index < -0.39 is 0 Å². The van der Waals surface area contributed by atoms with Crippen molar-refractivity contribution in [3.63, 3.8) is 0 Å². The van der Waals surface area contributed by atoms with Gasteiger partial charge in [-0.1, -0.05) is 36.4 Å². The molecule has 2 aliphatic heterocycles. The number of rotatable bonds is 3. The van der Waals surface area contributed by atoms with E-state index in [0.717, 1.165) is 11.1 Å². The molecule has 146 valence electrons. The number of carbonyl (C=O) groups excluding carboxylic acids is 2. The molecular formula is C23H26N2O3. The van der Waals surface area contributed by atoms with Gasteiger partial charge in [0.15, 0.2) is 0 Å². The highest BCUT2D eigenvalue weighted by molar-refractivity contribution is 5.97. The first-order valence-corrected chi connectivity index (χ1v) is 9.75. The van der Waals surface area contributed by atoms with Crippen LogP contribution in [0.15, 0.2) is 48.5 Å². The molecule has 0 spiro atoms. The molecular weight excluding hydrogens is 352 g/mol. The van der Waals surface area contributed by atoms with Crippen molar-refractivity contribution >= 4 is 11.8 Å². The van der Waals surface area contributed by atoms with E-state index in [1.807, 2.05) is 53.1 Å². The van der Waals surface area contributed by atoms with Crippen LogP contribution >= 0.6 is 0 Å². The van der Waals surface area contributed by atoms with E-state index in [0.29, 0.717) is 36.9 Å². The Bertz CT molecular complexity index is 896. The molecule has 0 N–H and O–H groups in total. The molecule has 5 nitrogen and oxygen atoms in total. The molecule has 28 heavy (non-hydrogen) atoms. The Morgan fingerprint density at radius 3 is 2.46 bits per heavy atom. The Morgan fingerprint density at radius 2 is 1.79 bits per heavy atom. The van der Waals surface area contributed by atoms with Crippen LogP contribution in [0.25, 0.3) is 0 Å². The van der Waals surface area contributed by atoms with Gasteiger partial charge in [0.25, 0.3) is 5.91 Å². The number of nitrogens with zero attached hydrogens (tertiary/aromatic N) is 2. The third kappa shape index (κ3) is 3.15. The molecule has 3 atom stereocenters. The van der Waals surface area contributed by atoms with E-state index in [4.69, 9.17) is 4.74 Å². The summed E-state index contributed by atoms with van der Waals surface area (Å²) in [4.78, 5) is 29.3. The smallest absolute Gasteiger partial charge is 0.257 e. The largest absolute Gasteiger partial charge is 0.496 e. The quantitative estimate of drug-likeness (QED) is 0.823. The topological polar surface area (TPSA) is 49.9 Å². The Kier molecular flexibility index (Phi) is 4.84. The minimum atomic E-state index is 0.00689. The molecule has 5 heteroatoms. The van der Waals surface area contributed by atoms with Gasteiger partial charge in [-0.3, -0.25) is 9.59 Å². The number of likely N-dealkylation sites (tertiary alicyclic amines) is 2. The maximum atomic E-state index is 13.2. The first-order valence-electron chi connectivity index (χ1n) is 9.75. The molecule has 2 saturated heterocycles. The second-order valence-electron chi connectivity index (χ2n) is 7.86. The van der Waals surface area contributed by atoms with Crippen molar-refractivity contribution in [3.8, 4) is 5.75 Å². The fourth-order valence-electron chi connectivity index (χ4n) is 4.76. The summed E-state index contributed by atoms with van der Waals surface area (Å²) in [6.07, 6.45) is 0. The highest BCUT2D eigenvalue weighted by Crippen LogP contribution is 2.45. The van der Waals surface area contributed by atoms with Crippen molar-refractivity contribution in [1.29, 1.82) is 0 Å². The van der Waals surface area contributed by atoms with Crippen molar-refractivity contribution in [1.82, 2.24) is 9.80 Å². The summed E-state index contributed by atoms with van der Waals surface area (Å²) in [7, 11) is 1.60. The lowest BCUT2D eigenvalue weighted by atomic mass is 9.89. The normalized spacial score (nSPS) is 23.6. The van der Waals surface area contributed by atoms with Crippen LogP contribution in [0.5, 0.6) is 5.75 Å². The number of benzene rings is 2. The second kappa shape index (κ2) is 7.30. The monoisotopic (exact) mass is 378 g/mol. The van der Waals surface area contributed by atoms with Crippen LogP contribution in [-0.4, -0.2) is 48.4 Å². The van der Waals surface area contributed by atoms with E-state index in [9.17, 15) is 9.59 Å². The number of hydrogen-bond acceptors (Lipinski definition) is 3. The number of hydrogen-bond donors (Lipinski definition) is 0. The molecule has 0 bridgehead atoms. The van der Waals surface area contributed by atoms with Gasteiger partial charge in [0, 0.05) is 38.4 Å². The molecule has 2 amide bonds.